The largest absolute Gasteiger partial charge is 0.342 e. The second kappa shape index (κ2) is 6.33. The molecule has 0 atom stereocenters. The summed E-state index contributed by atoms with van der Waals surface area (Å²) >= 11 is 1.82. The van der Waals surface area contributed by atoms with Crippen LogP contribution in [0.4, 0.5) is 0 Å². The molecule has 4 nitrogen and oxygen atoms in total. The van der Waals surface area contributed by atoms with Gasteiger partial charge in [-0.05, 0) is 75.0 Å². The lowest BCUT2D eigenvalue weighted by Gasteiger charge is -2.57. The SMILES string of the molecule is O=C(N1CCC(CSc2ncc[nH]2)CC1)C12CC3CC(CC(C3)C1)C2. The highest BCUT2D eigenvalue weighted by Gasteiger charge is 2.55. The van der Waals surface area contributed by atoms with E-state index in [1.54, 1.807) is 0 Å². The van der Waals surface area contributed by atoms with Gasteiger partial charge >= 0.3 is 0 Å². The van der Waals surface area contributed by atoms with Crippen molar-refractivity contribution in [3.05, 3.63) is 12.4 Å². The summed E-state index contributed by atoms with van der Waals surface area (Å²) in [6.45, 7) is 1.95. The Morgan fingerprint density at radius 2 is 1.80 bits per heavy atom. The number of rotatable bonds is 4. The standard InChI is InChI=1S/C20H29N3OS/c24-18(20-10-15-7-16(11-20)9-17(8-15)12-20)23-5-1-14(2-6-23)13-25-19-21-3-4-22-19/h3-4,14-17H,1-2,5-13H2,(H,21,22). The molecule has 4 aliphatic carbocycles. The maximum atomic E-state index is 13.4. The fourth-order valence-corrected chi connectivity index (χ4v) is 7.55. The number of thioether (sulfide) groups is 1. The van der Waals surface area contributed by atoms with Gasteiger partial charge in [0, 0.05) is 31.2 Å². The maximum absolute atomic E-state index is 13.4. The molecule has 0 radical (unpaired) electrons. The van der Waals surface area contributed by atoms with Gasteiger partial charge < -0.3 is 9.88 Å². The maximum Gasteiger partial charge on any atom is 0.228 e. The predicted molar refractivity (Wildman–Crippen MR) is 99.2 cm³/mol. The highest BCUT2D eigenvalue weighted by Crippen LogP contribution is 2.60. The quantitative estimate of drug-likeness (QED) is 0.828. The zero-order valence-electron chi connectivity index (χ0n) is 15.0. The molecule has 6 rings (SSSR count). The Morgan fingerprint density at radius 3 is 2.36 bits per heavy atom. The van der Waals surface area contributed by atoms with E-state index in [2.05, 4.69) is 14.9 Å². The molecule has 4 bridgehead atoms. The molecule has 1 aromatic heterocycles. The van der Waals surface area contributed by atoms with Gasteiger partial charge in [-0.3, -0.25) is 4.79 Å². The van der Waals surface area contributed by atoms with Crippen LogP contribution in [0.25, 0.3) is 0 Å². The van der Waals surface area contributed by atoms with Crippen molar-refractivity contribution < 1.29 is 4.79 Å². The van der Waals surface area contributed by atoms with Crippen LogP contribution in [-0.4, -0.2) is 39.6 Å². The van der Waals surface area contributed by atoms with Gasteiger partial charge in [-0.25, -0.2) is 4.98 Å². The molecule has 0 spiro atoms. The van der Waals surface area contributed by atoms with Crippen molar-refractivity contribution in [3.63, 3.8) is 0 Å². The smallest absolute Gasteiger partial charge is 0.228 e. The molecule has 1 aromatic rings. The van der Waals surface area contributed by atoms with Gasteiger partial charge in [0.1, 0.15) is 0 Å². The Morgan fingerprint density at radius 1 is 1.16 bits per heavy atom. The highest BCUT2D eigenvalue weighted by molar-refractivity contribution is 7.99. The van der Waals surface area contributed by atoms with Gasteiger partial charge in [0.15, 0.2) is 5.16 Å². The summed E-state index contributed by atoms with van der Waals surface area (Å²) in [7, 11) is 0. The van der Waals surface area contributed by atoms with E-state index in [9.17, 15) is 4.79 Å². The molecule has 1 aliphatic heterocycles. The average Bonchev–Trinajstić information content (AvgIpc) is 3.12. The first-order valence-electron chi connectivity index (χ1n) is 10.1. The van der Waals surface area contributed by atoms with Crippen molar-refractivity contribution in [2.24, 2.45) is 29.1 Å². The summed E-state index contributed by atoms with van der Waals surface area (Å²) < 4.78 is 0. The summed E-state index contributed by atoms with van der Waals surface area (Å²) in [5, 5.41) is 1.02. The molecule has 1 saturated heterocycles. The number of carbonyl (C=O) groups is 1. The molecule has 4 saturated carbocycles. The van der Waals surface area contributed by atoms with Crippen molar-refractivity contribution in [1.29, 1.82) is 0 Å². The highest BCUT2D eigenvalue weighted by atomic mass is 32.2. The molecule has 2 heterocycles. The summed E-state index contributed by atoms with van der Waals surface area (Å²) in [6.07, 6.45) is 13.9. The van der Waals surface area contributed by atoms with Crippen molar-refractivity contribution in [1.82, 2.24) is 14.9 Å². The Hall–Kier alpha value is -0.970. The minimum atomic E-state index is 0.0461. The molecule has 1 amide bonds. The number of nitrogens with zero attached hydrogens (tertiary/aromatic N) is 2. The number of aromatic amines is 1. The number of imidazole rings is 1. The van der Waals surface area contributed by atoms with E-state index in [0.29, 0.717) is 5.91 Å². The zero-order valence-corrected chi connectivity index (χ0v) is 15.8. The van der Waals surface area contributed by atoms with Crippen LogP contribution < -0.4 is 0 Å². The van der Waals surface area contributed by atoms with Crippen molar-refractivity contribution in [2.75, 3.05) is 18.8 Å². The van der Waals surface area contributed by atoms with E-state index in [-0.39, 0.29) is 5.41 Å². The minimum absolute atomic E-state index is 0.0461. The van der Waals surface area contributed by atoms with Crippen LogP contribution in [0.5, 0.6) is 0 Å². The Kier molecular flexibility index (Phi) is 4.11. The molecule has 136 valence electrons. The van der Waals surface area contributed by atoms with Gasteiger partial charge in [-0.1, -0.05) is 11.8 Å². The lowest BCUT2D eigenvalue weighted by molar-refractivity contribution is -0.159. The molecule has 5 aliphatic rings. The Labute approximate surface area is 154 Å². The van der Waals surface area contributed by atoms with E-state index in [1.807, 2.05) is 24.2 Å². The number of piperidine rings is 1. The molecule has 5 fully saturated rings. The third-order valence-electron chi connectivity index (χ3n) is 7.32. The van der Waals surface area contributed by atoms with Gasteiger partial charge in [0.2, 0.25) is 5.91 Å². The average molecular weight is 360 g/mol. The lowest BCUT2D eigenvalue weighted by atomic mass is 9.49. The van der Waals surface area contributed by atoms with Crippen LogP contribution >= 0.6 is 11.8 Å². The number of aromatic nitrogens is 2. The topological polar surface area (TPSA) is 49.0 Å². The number of nitrogens with one attached hydrogen (secondary N) is 1. The summed E-state index contributed by atoms with van der Waals surface area (Å²) in [5.74, 6) is 4.94. The van der Waals surface area contributed by atoms with E-state index < -0.39 is 0 Å². The summed E-state index contributed by atoms with van der Waals surface area (Å²) in [6, 6.07) is 0. The van der Waals surface area contributed by atoms with Crippen LogP contribution in [-0.2, 0) is 4.79 Å². The second-order valence-electron chi connectivity index (χ2n) is 9.14. The predicted octanol–water partition coefficient (Wildman–Crippen LogP) is 3.96. The molecule has 0 aromatic carbocycles. The van der Waals surface area contributed by atoms with Crippen LogP contribution in [0.15, 0.2) is 17.6 Å². The second-order valence-corrected chi connectivity index (χ2v) is 10.1. The molecular weight excluding hydrogens is 330 g/mol. The Balaban J connectivity index is 1.17. The zero-order chi connectivity index (χ0) is 16.9. The lowest BCUT2D eigenvalue weighted by Crippen LogP contribution is -2.55. The monoisotopic (exact) mass is 359 g/mol. The number of carbonyl (C=O) groups excluding carboxylic acids is 1. The fourth-order valence-electron chi connectivity index (χ4n) is 6.54. The number of H-pyrrole nitrogens is 1. The first-order chi connectivity index (χ1) is 12.2. The molecule has 1 N–H and O–H groups in total. The van der Waals surface area contributed by atoms with Crippen LogP contribution in [0.3, 0.4) is 0 Å². The van der Waals surface area contributed by atoms with E-state index in [1.165, 1.54) is 38.5 Å². The number of likely N-dealkylation sites (tertiary alicyclic amines) is 1. The summed E-state index contributed by atoms with van der Waals surface area (Å²) in [4.78, 5) is 23.1. The van der Waals surface area contributed by atoms with Gasteiger partial charge in [0.05, 0.1) is 5.41 Å². The van der Waals surface area contributed by atoms with E-state index >= 15 is 0 Å². The van der Waals surface area contributed by atoms with E-state index in [0.717, 1.165) is 60.5 Å². The van der Waals surface area contributed by atoms with Crippen LogP contribution in [0, 0.1) is 29.1 Å². The first-order valence-corrected chi connectivity index (χ1v) is 11.1. The molecule has 5 heteroatoms. The van der Waals surface area contributed by atoms with Crippen molar-refractivity contribution in [3.8, 4) is 0 Å². The van der Waals surface area contributed by atoms with Crippen molar-refractivity contribution >= 4 is 17.7 Å². The normalized spacial score (nSPS) is 37.6. The summed E-state index contributed by atoms with van der Waals surface area (Å²) in [5.41, 5.74) is 0.0461. The van der Waals surface area contributed by atoms with E-state index in [4.69, 9.17) is 0 Å². The number of amides is 1. The fraction of sp³-hybridized carbons (Fsp3) is 0.800. The van der Waals surface area contributed by atoms with Crippen molar-refractivity contribution in [2.45, 2.75) is 56.5 Å². The van der Waals surface area contributed by atoms with Gasteiger partial charge in [0.25, 0.3) is 0 Å². The number of hydrogen-bond acceptors (Lipinski definition) is 3. The first kappa shape index (κ1) is 16.2. The third kappa shape index (κ3) is 3.02. The molecule has 25 heavy (non-hydrogen) atoms. The molecule has 0 unspecified atom stereocenters. The minimum Gasteiger partial charge on any atom is -0.342 e. The van der Waals surface area contributed by atoms with Gasteiger partial charge in [-0.2, -0.15) is 0 Å². The third-order valence-corrected chi connectivity index (χ3v) is 8.46. The number of hydrogen-bond donors (Lipinski definition) is 1. The molecular formula is C20H29N3OS. The van der Waals surface area contributed by atoms with Crippen LogP contribution in [0.1, 0.15) is 51.4 Å². The Bertz CT molecular complexity index is 586. The van der Waals surface area contributed by atoms with Gasteiger partial charge in [-0.15, -0.1) is 0 Å². The van der Waals surface area contributed by atoms with Crippen LogP contribution in [0.2, 0.25) is 0 Å².